The first-order valence-electron chi connectivity index (χ1n) is 5.76. The summed E-state index contributed by atoms with van der Waals surface area (Å²) < 4.78 is 0. The zero-order valence-electron chi connectivity index (χ0n) is 9.89. The van der Waals surface area contributed by atoms with Gasteiger partial charge in [0, 0.05) is 18.7 Å². The van der Waals surface area contributed by atoms with E-state index in [4.69, 9.17) is 5.11 Å². The molecule has 1 aromatic carbocycles. The number of carboxylic acids is 1. The normalized spacial score (nSPS) is 14.9. The number of carboxylic acid groups (broad SMARTS) is 1. The van der Waals surface area contributed by atoms with Gasteiger partial charge in [-0.15, -0.1) is 0 Å². The second kappa shape index (κ2) is 4.99. The van der Waals surface area contributed by atoms with Crippen LogP contribution in [0.1, 0.15) is 18.9 Å². The molecule has 4 heteroatoms. The lowest BCUT2D eigenvalue weighted by Crippen LogP contribution is -2.24. The van der Waals surface area contributed by atoms with Gasteiger partial charge in [0.15, 0.2) is 0 Å². The minimum absolute atomic E-state index is 0.177. The van der Waals surface area contributed by atoms with Crippen molar-refractivity contribution in [2.75, 3.05) is 18.0 Å². The minimum Gasteiger partial charge on any atom is -0.481 e. The summed E-state index contributed by atoms with van der Waals surface area (Å²) in [6, 6.07) is 8.02. The van der Waals surface area contributed by atoms with Crippen molar-refractivity contribution in [3.63, 3.8) is 0 Å². The van der Waals surface area contributed by atoms with Crippen LogP contribution in [0, 0.1) is 0 Å². The van der Waals surface area contributed by atoms with E-state index in [1.807, 2.05) is 31.2 Å². The van der Waals surface area contributed by atoms with Crippen LogP contribution in [-0.4, -0.2) is 30.0 Å². The zero-order chi connectivity index (χ0) is 12.3. The number of rotatable bonds is 4. The van der Waals surface area contributed by atoms with Gasteiger partial charge < -0.3 is 10.0 Å². The number of amidine groups is 1. The molecule has 0 radical (unpaired) electrons. The molecule has 90 valence electrons. The highest BCUT2D eigenvalue weighted by molar-refractivity contribution is 5.97. The highest BCUT2D eigenvalue weighted by Gasteiger charge is 2.14. The molecule has 1 aliphatic heterocycles. The highest BCUT2D eigenvalue weighted by Crippen LogP contribution is 2.19. The molecular weight excluding hydrogens is 216 g/mol. The lowest BCUT2D eigenvalue weighted by molar-refractivity contribution is -0.136. The smallest absolute Gasteiger partial charge is 0.303 e. The number of benzene rings is 1. The van der Waals surface area contributed by atoms with Gasteiger partial charge in [-0.3, -0.25) is 9.79 Å². The van der Waals surface area contributed by atoms with Gasteiger partial charge in [0.1, 0.15) is 5.84 Å². The van der Waals surface area contributed by atoms with Gasteiger partial charge in [0.25, 0.3) is 0 Å². The predicted molar refractivity (Wildman–Crippen MR) is 67.7 cm³/mol. The molecule has 2 rings (SSSR count). The van der Waals surface area contributed by atoms with Crippen LogP contribution in [0.15, 0.2) is 29.3 Å². The molecule has 0 aliphatic carbocycles. The Morgan fingerprint density at radius 1 is 1.53 bits per heavy atom. The van der Waals surface area contributed by atoms with E-state index in [1.165, 1.54) is 0 Å². The van der Waals surface area contributed by atoms with E-state index in [1.54, 1.807) is 0 Å². The van der Waals surface area contributed by atoms with Gasteiger partial charge in [-0.25, -0.2) is 0 Å². The maximum absolute atomic E-state index is 10.5. The number of aliphatic imine (C=N–C) groups is 1. The number of hydrogen-bond acceptors (Lipinski definition) is 3. The maximum atomic E-state index is 10.5. The molecule has 1 N–H and O–H groups in total. The van der Waals surface area contributed by atoms with Crippen LogP contribution in [0.2, 0.25) is 0 Å². The van der Waals surface area contributed by atoms with Gasteiger partial charge in [-0.05, 0) is 31.0 Å². The Balaban J connectivity index is 2.11. The summed E-state index contributed by atoms with van der Waals surface area (Å²) >= 11 is 0. The quantitative estimate of drug-likeness (QED) is 0.863. The van der Waals surface area contributed by atoms with Crippen molar-refractivity contribution < 1.29 is 9.90 Å². The van der Waals surface area contributed by atoms with E-state index in [2.05, 4.69) is 9.89 Å². The summed E-state index contributed by atoms with van der Waals surface area (Å²) in [7, 11) is 0. The molecule has 1 heterocycles. The Labute approximate surface area is 101 Å². The average Bonchev–Trinajstić information content (AvgIpc) is 2.73. The highest BCUT2D eigenvalue weighted by atomic mass is 16.4. The summed E-state index contributed by atoms with van der Waals surface area (Å²) in [5.41, 5.74) is 2.16. The fourth-order valence-electron chi connectivity index (χ4n) is 2.01. The van der Waals surface area contributed by atoms with Crippen molar-refractivity contribution in [1.29, 1.82) is 0 Å². The number of nitrogens with zero attached hydrogens (tertiary/aromatic N) is 2. The van der Waals surface area contributed by atoms with E-state index in [9.17, 15) is 4.79 Å². The SMILES string of the molecule is CC1=NCCN1c1cccc(CCC(=O)O)c1. The van der Waals surface area contributed by atoms with Crippen molar-refractivity contribution in [1.82, 2.24) is 0 Å². The molecule has 0 amide bonds. The fraction of sp³-hybridized carbons (Fsp3) is 0.385. The zero-order valence-corrected chi connectivity index (χ0v) is 9.89. The van der Waals surface area contributed by atoms with E-state index in [0.717, 1.165) is 30.2 Å². The minimum atomic E-state index is -0.755. The van der Waals surface area contributed by atoms with Crippen LogP contribution in [0.4, 0.5) is 5.69 Å². The van der Waals surface area contributed by atoms with Crippen molar-refractivity contribution in [2.45, 2.75) is 19.8 Å². The van der Waals surface area contributed by atoms with Crippen LogP contribution >= 0.6 is 0 Å². The first-order valence-corrected chi connectivity index (χ1v) is 5.76. The molecular formula is C13H16N2O2. The molecule has 1 aromatic rings. The molecule has 17 heavy (non-hydrogen) atoms. The number of hydrogen-bond donors (Lipinski definition) is 1. The van der Waals surface area contributed by atoms with E-state index in [-0.39, 0.29) is 6.42 Å². The summed E-state index contributed by atoms with van der Waals surface area (Å²) in [4.78, 5) is 17.0. The van der Waals surface area contributed by atoms with Gasteiger partial charge >= 0.3 is 5.97 Å². The Kier molecular flexibility index (Phi) is 3.42. The van der Waals surface area contributed by atoms with Crippen LogP contribution in [-0.2, 0) is 11.2 Å². The monoisotopic (exact) mass is 232 g/mol. The third kappa shape index (κ3) is 2.84. The first-order chi connectivity index (χ1) is 8.16. The van der Waals surface area contributed by atoms with Crippen molar-refractivity contribution in [3.8, 4) is 0 Å². The lowest BCUT2D eigenvalue weighted by atomic mass is 10.1. The molecule has 0 saturated heterocycles. The number of anilines is 1. The third-order valence-corrected chi connectivity index (χ3v) is 2.90. The first kappa shape index (κ1) is 11.6. The molecule has 0 fully saturated rings. The number of aliphatic carboxylic acids is 1. The van der Waals surface area contributed by atoms with E-state index >= 15 is 0 Å². The van der Waals surface area contributed by atoms with Gasteiger partial charge in [0.05, 0.1) is 6.54 Å². The molecule has 1 aliphatic rings. The van der Waals surface area contributed by atoms with Crippen molar-refractivity contribution in [2.24, 2.45) is 4.99 Å². The molecule has 0 aromatic heterocycles. The molecule has 0 unspecified atom stereocenters. The molecule has 0 atom stereocenters. The second-order valence-electron chi connectivity index (χ2n) is 4.14. The molecule has 0 bridgehead atoms. The Morgan fingerprint density at radius 3 is 3.00 bits per heavy atom. The maximum Gasteiger partial charge on any atom is 0.303 e. The summed E-state index contributed by atoms with van der Waals surface area (Å²) in [6.45, 7) is 3.75. The average molecular weight is 232 g/mol. The van der Waals surface area contributed by atoms with Gasteiger partial charge in [-0.1, -0.05) is 12.1 Å². The van der Waals surface area contributed by atoms with Crippen molar-refractivity contribution in [3.05, 3.63) is 29.8 Å². The van der Waals surface area contributed by atoms with E-state index in [0.29, 0.717) is 6.42 Å². The predicted octanol–water partition coefficient (Wildman–Crippen LogP) is 1.94. The Morgan fingerprint density at radius 2 is 2.35 bits per heavy atom. The topological polar surface area (TPSA) is 52.9 Å². The summed E-state index contributed by atoms with van der Waals surface area (Å²) in [5.74, 6) is 0.273. The van der Waals surface area contributed by atoms with Crippen LogP contribution < -0.4 is 4.90 Å². The molecule has 0 saturated carbocycles. The van der Waals surface area contributed by atoms with E-state index < -0.39 is 5.97 Å². The summed E-state index contributed by atoms with van der Waals surface area (Å²) in [5, 5.41) is 8.67. The number of aryl methyl sites for hydroxylation is 1. The van der Waals surface area contributed by atoms with Crippen LogP contribution in [0.5, 0.6) is 0 Å². The molecule has 4 nitrogen and oxygen atoms in total. The Hall–Kier alpha value is -1.84. The number of carbonyl (C=O) groups is 1. The largest absolute Gasteiger partial charge is 0.481 e. The lowest BCUT2D eigenvalue weighted by Gasteiger charge is -2.18. The summed E-state index contributed by atoms with van der Waals surface area (Å²) in [6.07, 6.45) is 0.754. The second-order valence-corrected chi connectivity index (χ2v) is 4.14. The standard InChI is InChI=1S/C13H16N2O2/c1-10-14-7-8-15(10)12-4-2-3-11(9-12)5-6-13(16)17/h2-4,9H,5-8H2,1H3,(H,16,17). The van der Waals surface area contributed by atoms with Gasteiger partial charge in [0.2, 0.25) is 0 Å². The molecule has 0 spiro atoms. The Bertz CT molecular complexity index is 454. The van der Waals surface area contributed by atoms with Gasteiger partial charge in [-0.2, -0.15) is 0 Å². The third-order valence-electron chi connectivity index (χ3n) is 2.90. The fourth-order valence-corrected chi connectivity index (χ4v) is 2.01. The van der Waals surface area contributed by atoms with Crippen LogP contribution in [0.3, 0.4) is 0 Å². The van der Waals surface area contributed by atoms with Crippen molar-refractivity contribution >= 4 is 17.5 Å². The van der Waals surface area contributed by atoms with Crippen LogP contribution in [0.25, 0.3) is 0 Å².